The molecule has 4 aromatic rings. The number of ether oxygens (including phenoxy) is 1. The number of carbonyl (C=O) groups excluding carboxylic acids is 1. The van der Waals surface area contributed by atoms with Crippen LogP contribution in [0.3, 0.4) is 0 Å². The van der Waals surface area contributed by atoms with Crippen molar-refractivity contribution < 1.29 is 9.53 Å². The van der Waals surface area contributed by atoms with Gasteiger partial charge in [0.25, 0.3) is 5.56 Å². The Labute approximate surface area is 179 Å². The number of hydrogen-bond acceptors (Lipinski definition) is 4. The Morgan fingerprint density at radius 2 is 1.74 bits per heavy atom. The summed E-state index contributed by atoms with van der Waals surface area (Å²) in [4.78, 5) is 27.9. The topological polar surface area (TPSA) is 89.0 Å². The lowest BCUT2D eigenvalue weighted by molar-refractivity contribution is -0.116. The Bertz CT molecular complexity index is 1290. The van der Waals surface area contributed by atoms with E-state index in [0.717, 1.165) is 22.4 Å². The number of anilines is 1. The van der Waals surface area contributed by atoms with Gasteiger partial charge in [0.1, 0.15) is 17.1 Å². The number of nitrogens with zero attached hydrogens (tertiary/aromatic N) is 2. The number of aromatic amines is 1. The van der Waals surface area contributed by atoms with Crippen LogP contribution in [0.15, 0.2) is 59.4 Å². The molecular weight excluding hydrogens is 392 g/mol. The summed E-state index contributed by atoms with van der Waals surface area (Å²) in [7, 11) is 1.80. The Morgan fingerprint density at radius 1 is 1.06 bits per heavy atom. The highest BCUT2D eigenvalue weighted by atomic mass is 16.5. The number of carbonyl (C=O) groups is 1. The number of fused-ring (bicyclic) bond motifs is 1. The Hall–Kier alpha value is -3.87. The monoisotopic (exact) mass is 416 g/mol. The average molecular weight is 416 g/mol. The van der Waals surface area contributed by atoms with E-state index in [1.807, 2.05) is 44.2 Å². The molecule has 0 unspecified atom stereocenters. The summed E-state index contributed by atoms with van der Waals surface area (Å²) >= 11 is 0. The lowest BCUT2D eigenvalue weighted by atomic mass is 10.0. The second kappa shape index (κ2) is 8.47. The van der Waals surface area contributed by atoms with Gasteiger partial charge in [0, 0.05) is 30.1 Å². The molecule has 4 rings (SSSR count). The summed E-state index contributed by atoms with van der Waals surface area (Å²) in [5.41, 5.74) is 3.54. The highest BCUT2D eigenvalue weighted by molar-refractivity contribution is 5.91. The second-order valence-electron chi connectivity index (χ2n) is 7.48. The van der Waals surface area contributed by atoms with Gasteiger partial charge in [-0.3, -0.25) is 14.3 Å². The van der Waals surface area contributed by atoms with Gasteiger partial charge in [-0.15, -0.1) is 0 Å². The zero-order valence-corrected chi connectivity index (χ0v) is 17.7. The van der Waals surface area contributed by atoms with Crippen molar-refractivity contribution in [2.75, 3.05) is 5.32 Å². The maximum absolute atomic E-state index is 12.5. The van der Waals surface area contributed by atoms with Gasteiger partial charge in [-0.2, -0.15) is 5.10 Å². The van der Waals surface area contributed by atoms with Crippen LogP contribution in [0.25, 0.3) is 11.0 Å². The van der Waals surface area contributed by atoms with E-state index >= 15 is 0 Å². The van der Waals surface area contributed by atoms with Crippen molar-refractivity contribution in [2.45, 2.75) is 26.7 Å². The standard InChI is InChI=1S/C24H24N4O3/c1-15-20(24(30)26-23-22(15)16(2)27-28(23)3)13-14-21(29)25-17-9-11-19(12-10-17)31-18-7-5-4-6-8-18/h4-12H,13-14H2,1-3H3,(H,25,29)(H,26,30). The summed E-state index contributed by atoms with van der Waals surface area (Å²) in [5, 5.41) is 8.18. The summed E-state index contributed by atoms with van der Waals surface area (Å²) < 4.78 is 7.43. The zero-order valence-electron chi connectivity index (χ0n) is 17.7. The smallest absolute Gasteiger partial charge is 0.253 e. The minimum atomic E-state index is -0.178. The Balaban J connectivity index is 1.40. The molecule has 0 bridgehead atoms. The lowest BCUT2D eigenvalue weighted by Gasteiger charge is -2.09. The van der Waals surface area contributed by atoms with E-state index in [2.05, 4.69) is 15.4 Å². The van der Waals surface area contributed by atoms with Crippen LogP contribution in [0, 0.1) is 13.8 Å². The number of hydrogen-bond donors (Lipinski definition) is 2. The van der Waals surface area contributed by atoms with Gasteiger partial charge in [-0.05, 0) is 62.2 Å². The molecule has 0 aliphatic heterocycles. The van der Waals surface area contributed by atoms with Gasteiger partial charge in [0.2, 0.25) is 5.91 Å². The molecule has 0 saturated heterocycles. The summed E-state index contributed by atoms with van der Waals surface area (Å²) in [6, 6.07) is 16.7. The normalized spacial score (nSPS) is 10.9. The molecule has 0 atom stereocenters. The highest BCUT2D eigenvalue weighted by Crippen LogP contribution is 2.23. The summed E-state index contributed by atoms with van der Waals surface area (Å²) in [6.07, 6.45) is 0.559. The minimum Gasteiger partial charge on any atom is -0.457 e. The van der Waals surface area contributed by atoms with E-state index in [1.54, 1.807) is 36.0 Å². The predicted molar refractivity (Wildman–Crippen MR) is 121 cm³/mol. The fourth-order valence-electron chi connectivity index (χ4n) is 3.75. The number of para-hydroxylation sites is 1. The fourth-order valence-corrected chi connectivity index (χ4v) is 3.75. The van der Waals surface area contributed by atoms with Crippen LogP contribution in [-0.4, -0.2) is 20.7 Å². The van der Waals surface area contributed by atoms with Crippen LogP contribution in [-0.2, 0) is 18.3 Å². The van der Waals surface area contributed by atoms with Crippen molar-refractivity contribution in [1.29, 1.82) is 0 Å². The number of rotatable bonds is 6. The maximum atomic E-state index is 12.5. The first-order valence-corrected chi connectivity index (χ1v) is 10.1. The molecule has 158 valence electrons. The van der Waals surface area contributed by atoms with Crippen molar-refractivity contribution in [3.8, 4) is 11.5 Å². The van der Waals surface area contributed by atoms with Gasteiger partial charge in [0.15, 0.2) is 0 Å². The highest BCUT2D eigenvalue weighted by Gasteiger charge is 2.16. The lowest BCUT2D eigenvalue weighted by Crippen LogP contribution is -2.19. The number of nitrogens with one attached hydrogen (secondary N) is 2. The van der Waals surface area contributed by atoms with E-state index in [-0.39, 0.29) is 17.9 Å². The first kappa shape index (κ1) is 20.4. The fraction of sp³-hybridized carbons (Fsp3) is 0.208. The van der Waals surface area contributed by atoms with Crippen LogP contribution >= 0.6 is 0 Å². The van der Waals surface area contributed by atoms with Crippen LogP contribution in [0.4, 0.5) is 5.69 Å². The van der Waals surface area contributed by atoms with Gasteiger partial charge >= 0.3 is 0 Å². The molecule has 0 fully saturated rings. The van der Waals surface area contributed by atoms with E-state index in [0.29, 0.717) is 29.1 Å². The van der Waals surface area contributed by atoms with Gasteiger partial charge < -0.3 is 15.0 Å². The molecule has 2 heterocycles. The number of aromatic nitrogens is 3. The third-order valence-corrected chi connectivity index (χ3v) is 5.27. The maximum Gasteiger partial charge on any atom is 0.253 e. The number of pyridine rings is 1. The Kier molecular flexibility index (Phi) is 5.58. The largest absolute Gasteiger partial charge is 0.457 e. The minimum absolute atomic E-state index is 0.154. The number of H-pyrrole nitrogens is 1. The number of amides is 1. The SMILES string of the molecule is Cc1nn(C)c2[nH]c(=O)c(CCC(=O)Nc3ccc(Oc4ccccc4)cc3)c(C)c12. The first-order valence-electron chi connectivity index (χ1n) is 10.1. The molecule has 2 N–H and O–H groups in total. The molecule has 0 aliphatic carbocycles. The molecule has 2 aromatic carbocycles. The van der Waals surface area contributed by atoms with Crippen LogP contribution in [0.5, 0.6) is 11.5 Å². The number of aryl methyl sites for hydroxylation is 3. The zero-order chi connectivity index (χ0) is 22.0. The quantitative estimate of drug-likeness (QED) is 0.492. The van der Waals surface area contributed by atoms with Crippen LogP contribution < -0.4 is 15.6 Å². The molecule has 0 saturated carbocycles. The number of benzene rings is 2. The average Bonchev–Trinajstić information content (AvgIpc) is 3.03. The summed E-state index contributed by atoms with van der Waals surface area (Å²) in [5.74, 6) is 1.28. The van der Waals surface area contributed by atoms with Crippen molar-refractivity contribution in [3.05, 3.63) is 81.8 Å². The van der Waals surface area contributed by atoms with Gasteiger partial charge in [-0.1, -0.05) is 18.2 Å². The third-order valence-electron chi connectivity index (χ3n) is 5.27. The molecule has 7 heteroatoms. The summed E-state index contributed by atoms with van der Waals surface area (Å²) in [6.45, 7) is 3.82. The van der Waals surface area contributed by atoms with Crippen molar-refractivity contribution >= 4 is 22.6 Å². The molecule has 7 nitrogen and oxygen atoms in total. The van der Waals surface area contributed by atoms with Crippen molar-refractivity contribution in [1.82, 2.24) is 14.8 Å². The van der Waals surface area contributed by atoms with Crippen LogP contribution in [0.1, 0.15) is 23.2 Å². The van der Waals surface area contributed by atoms with Crippen molar-refractivity contribution in [3.63, 3.8) is 0 Å². The molecule has 31 heavy (non-hydrogen) atoms. The third kappa shape index (κ3) is 4.35. The molecule has 2 aromatic heterocycles. The first-order chi connectivity index (χ1) is 14.9. The van der Waals surface area contributed by atoms with Gasteiger partial charge in [0.05, 0.1) is 5.69 Å². The molecule has 1 amide bonds. The van der Waals surface area contributed by atoms with Gasteiger partial charge in [-0.25, -0.2) is 0 Å². The molecule has 0 aliphatic rings. The van der Waals surface area contributed by atoms with Crippen LogP contribution in [0.2, 0.25) is 0 Å². The van der Waals surface area contributed by atoms with E-state index in [4.69, 9.17) is 4.74 Å². The van der Waals surface area contributed by atoms with E-state index in [1.165, 1.54) is 0 Å². The second-order valence-corrected chi connectivity index (χ2v) is 7.48. The van der Waals surface area contributed by atoms with E-state index in [9.17, 15) is 9.59 Å². The molecular formula is C24H24N4O3. The predicted octanol–water partition coefficient (Wildman–Crippen LogP) is 4.24. The molecule has 0 radical (unpaired) electrons. The van der Waals surface area contributed by atoms with Crippen molar-refractivity contribution in [2.24, 2.45) is 7.05 Å². The Morgan fingerprint density at radius 3 is 2.45 bits per heavy atom. The van der Waals surface area contributed by atoms with E-state index < -0.39 is 0 Å². The molecule has 0 spiro atoms.